The van der Waals surface area contributed by atoms with E-state index in [9.17, 15) is 0 Å². The quantitative estimate of drug-likeness (QED) is 0.348. The van der Waals surface area contributed by atoms with E-state index in [1.54, 1.807) is 0 Å². The molecule has 0 aromatic heterocycles. The summed E-state index contributed by atoms with van der Waals surface area (Å²) in [6.07, 6.45) is 20.6. The van der Waals surface area contributed by atoms with Gasteiger partial charge < -0.3 is 4.74 Å². The first-order valence-corrected chi connectivity index (χ1v) is 9.98. The molecule has 1 heteroatoms. The van der Waals surface area contributed by atoms with Gasteiger partial charge in [0.2, 0.25) is 0 Å². The molecule has 0 amide bonds. The normalized spacial score (nSPS) is 30.3. The third-order valence-corrected chi connectivity index (χ3v) is 6.36. The van der Waals surface area contributed by atoms with Crippen molar-refractivity contribution in [1.29, 1.82) is 0 Å². The van der Waals surface area contributed by atoms with E-state index in [2.05, 4.69) is 13.5 Å². The van der Waals surface area contributed by atoms with Crippen LogP contribution in [0.1, 0.15) is 90.4 Å². The van der Waals surface area contributed by atoms with Gasteiger partial charge in [0.1, 0.15) is 0 Å². The van der Waals surface area contributed by atoms with Gasteiger partial charge in [-0.05, 0) is 49.4 Å². The maximum Gasteiger partial charge on any atom is 0.0645 e. The largest absolute Gasteiger partial charge is 0.377 e. The second-order valence-corrected chi connectivity index (χ2v) is 8.00. The molecular formula is C21H38O. The Labute approximate surface area is 138 Å². The molecule has 2 aliphatic carbocycles. The predicted molar refractivity (Wildman–Crippen MR) is 96.1 cm³/mol. The van der Waals surface area contributed by atoms with Crippen molar-refractivity contribution < 1.29 is 4.74 Å². The Kier molecular flexibility index (Phi) is 8.00. The summed E-state index contributed by atoms with van der Waals surface area (Å²) in [5.41, 5.74) is 0.489. The number of hydrogen-bond donors (Lipinski definition) is 0. The van der Waals surface area contributed by atoms with E-state index in [0.717, 1.165) is 25.0 Å². The summed E-state index contributed by atoms with van der Waals surface area (Å²) in [5, 5.41) is 0. The lowest BCUT2D eigenvalue weighted by atomic mass is 9.64. The zero-order valence-corrected chi connectivity index (χ0v) is 15.0. The Morgan fingerprint density at radius 1 is 1.00 bits per heavy atom. The summed E-state index contributed by atoms with van der Waals surface area (Å²) in [6.45, 7) is 7.79. The highest BCUT2D eigenvalue weighted by molar-refractivity contribution is 4.88. The Bertz CT molecular complexity index is 295. The summed E-state index contributed by atoms with van der Waals surface area (Å²) < 4.78 is 5.92. The number of unbranched alkanes of at least 4 members (excludes halogenated alkanes) is 2. The molecule has 2 rings (SSSR count). The number of rotatable bonds is 9. The maximum atomic E-state index is 5.92. The monoisotopic (exact) mass is 306 g/mol. The molecule has 0 heterocycles. The number of ether oxygens (including phenoxy) is 1. The maximum absolute atomic E-state index is 5.92. The summed E-state index contributed by atoms with van der Waals surface area (Å²) in [6, 6.07) is 0. The number of hydrogen-bond acceptors (Lipinski definition) is 1. The highest BCUT2D eigenvalue weighted by Gasteiger charge is 2.37. The molecule has 0 unspecified atom stereocenters. The molecule has 0 bridgehead atoms. The smallest absolute Gasteiger partial charge is 0.0645 e. The SMILES string of the molecule is C=CCOCC1(CCCCC)CCC(C2CCCCC2)CC1. The van der Waals surface area contributed by atoms with Gasteiger partial charge in [0.15, 0.2) is 0 Å². The summed E-state index contributed by atoms with van der Waals surface area (Å²) >= 11 is 0. The molecule has 2 fully saturated rings. The molecule has 128 valence electrons. The van der Waals surface area contributed by atoms with E-state index in [1.807, 2.05) is 6.08 Å². The molecule has 2 aliphatic rings. The molecule has 0 atom stereocenters. The van der Waals surface area contributed by atoms with E-state index in [1.165, 1.54) is 83.5 Å². The highest BCUT2D eigenvalue weighted by atomic mass is 16.5. The van der Waals surface area contributed by atoms with Gasteiger partial charge in [-0.3, -0.25) is 0 Å². The van der Waals surface area contributed by atoms with Gasteiger partial charge in [0.05, 0.1) is 13.2 Å². The average molecular weight is 307 g/mol. The van der Waals surface area contributed by atoms with Crippen LogP contribution in [0.4, 0.5) is 0 Å². The van der Waals surface area contributed by atoms with Gasteiger partial charge >= 0.3 is 0 Å². The van der Waals surface area contributed by atoms with Crippen LogP contribution in [0.3, 0.4) is 0 Å². The van der Waals surface area contributed by atoms with Gasteiger partial charge in [-0.1, -0.05) is 64.4 Å². The van der Waals surface area contributed by atoms with Crippen molar-refractivity contribution >= 4 is 0 Å². The van der Waals surface area contributed by atoms with Crippen molar-refractivity contribution in [3.05, 3.63) is 12.7 Å². The first kappa shape index (κ1) is 18.0. The standard InChI is InChI=1S/C21H38O/c1-3-5-9-14-21(18-22-17-4-2)15-12-20(13-16-21)19-10-7-6-8-11-19/h4,19-20H,2-3,5-18H2,1H3. The van der Waals surface area contributed by atoms with E-state index in [-0.39, 0.29) is 0 Å². The zero-order valence-electron chi connectivity index (χ0n) is 15.0. The van der Waals surface area contributed by atoms with Crippen LogP contribution in [0.5, 0.6) is 0 Å². The fourth-order valence-corrected chi connectivity index (χ4v) is 4.90. The van der Waals surface area contributed by atoms with Crippen molar-refractivity contribution in [2.75, 3.05) is 13.2 Å². The van der Waals surface area contributed by atoms with Crippen LogP contribution < -0.4 is 0 Å². The minimum atomic E-state index is 0.489. The first-order chi connectivity index (χ1) is 10.8. The van der Waals surface area contributed by atoms with Crippen LogP contribution in [0, 0.1) is 17.3 Å². The minimum Gasteiger partial charge on any atom is -0.377 e. The van der Waals surface area contributed by atoms with Crippen molar-refractivity contribution in [2.45, 2.75) is 90.4 Å². The summed E-state index contributed by atoms with van der Waals surface area (Å²) in [7, 11) is 0. The second-order valence-electron chi connectivity index (χ2n) is 8.00. The molecule has 0 N–H and O–H groups in total. The van der Waals surface area contributed by atoms with Gasteiger partial charge in [-0.2, -0.15) is 0 Å². The average Bonchev–Trinajstić information content (AvgIpc) is 2.57. The first-order valence-electron chi connectivity index (χ1n) is 9.98. The van der Waals surface area contributed by atoms with E-state index in [4.69, 9.17) is 4.74 Å². The van der Waals surface area contributed by atoms with E-state index >= 15 is 0 Å². The van der Waals surface area contributed by atoms with Gasteiger partial charge in [0.25, 0.3) is 0 Å². The van der Waals surface area contributed by atoms with Crippen LogP contribution in [-0.4, -0.2) is 13.2 Å². The molecule has 0 aliphatic heterocycles. The Balaban J connectivity index is 1.83. The molecule has 0 radical (unpaired) electrons. The van der Waals surface area contributed by atoms with Gasteiger partial charge in [-0.25, -0.2) is 0 Å². The lowest BCUT2D eigenvalue weighted by molar-refractivity contribution is 0.00347. The lowest BCUT2D eigenvalue weighted by Crippen LogP contribution is -2.34. The van der Waals surface area contributed by atoms with Crippen molar-refractivity contribution in [2.24, 2.45) is 17.3 Å². The van der Waals surface area contributed by atoms with Crippen LogP contribution in [0.15, 0.2) is 12.7 Å². The fourth-order valence-electron chi connectivity index (χ4n) is 4.90. The predicted octanol–water partition coefficient (Wildman–Crippen LogP) is 6.53. The van der Waals surface area contributed by atoms with E-state index in [0.29, 0.717) is 5.41 Å². The second kappa shape index (κ2) is 9.75. The van der Waals surface area contributed by atoms with E-state index < -0.39 is 0 Å². The molecule has 2 saturated carbocycles. The van der Waals surface area contributed by atoms with Crippen molar-refractivity contribution in [3.8, 4) is 0 Å². The zero-order chi connectivity index (χ0) is 15.7. The van der Waals surface area contributed by atoms with Crippen LogP contribution in [0.25, 0.3) is 0 Å². The summed E-state index contributed by atoms with van der Waals surface area (Å²) in [4.78, 5) is 0. The minimum absolute atomic E-state index is 0.489. The molecule has 0 aromatic carbocycles. The van der Waals surface area contributed by atoms with Crippen molar-refractivity contribution in [3.63, 3.8) is 0 Å². The third-order valence-electron chi connectivity index (χ3n) is 6.36. The van der Waals surface area contributed by atoms with Crippen LogP contribution in [0.2, 0.25) is 0 Å². The highest BCUT2D eigenvalue weighted by Crippen LogP contribution is 2.47. The molecular weight excluding hydrogens is 268 g/mol. The molecule has 0 saturated heterocycles. The van der Waals surface area contributed by atoms with Gasteiger partial charge in [0, 0.05) is 0 Å². The summed E-state index contributed by atoms with van der Waals surface area (Å²) in [5.74, 6) is 2.08. The molecule has 0 aromatic rings. The molecule has 0 spiro atoms. The molecule has 1 nitrogen and oxygen atoms in total. The Hall–Kier alpha value is -0.300. The van der Waals surface area contributed by atoms with Gasteiger partial charge in [-0.15, -0.1) is 6.58 Å². The van der Waals surface area contributed by atoms with Crippen LogP contribution >= 0.6 is 0 Å². The Morgan fingerprint density at radius 3 is 2.32 bits per heavy atom. The lowest BCUT2D eigenvalue weighted by Gasteiger charge is -2.43. The fraction of sp³-hybridized carbons (Fsp3) is 0.905. The van der Waals surface area contributed by atoms with Crippen LogP contribution in [-0.2, 0) is 4.74 Å². The topological polar surface area (TPSA) is 9.23 Å². The Morgan fingerprint density at radius 2 is 1.68 bits per heavy atom. The third kappa shape index (κ3) is 5.41. The van der Waals surface area contributed by atoms with Crippen molar-refractivity contribution in [1.82, 2.24) is 0 Å². The molecule has 22 heavy (non-hydrogen) atoms.